The summed E-state index contributed by atoms with van der Waals surface area (Å²) in [5.74, 6) is 0.468. The molecular weight excluding hydrogens is 264 g/mol. The van der Waals surface area contributed by atoms with E-state index in [1.165, 1.54) is 20.3 Å². The van der Waals surface area contributed by atoms with Gasteiger partial charge in [-0.1, -0.05) is 0 Å². The van der Waals surface area contributed by atoms with Crippen LogP contribution in [0, 0.1) is 0 Å². The number of hydrogen-bond acceptors (Lipinski definition) is 6. The zero-order chi connectivity index (χ0) is 15.3. The predicted molar refractivity (Wildman–Crippen MR) is 71.8 cm³/mol. The van der Waals surface area contributed by atoms with Crippen LogP contribution in [0.15, 0.2) is 12.1 Å². The summed E-state index contributed by atoms with van der Waals surface area (Å²) in [6.45, 7) is 5.12. The standard InChI is InChI=1S/C14H18O6/c1-14(2,3)20-13(16)19-11-9(8-15)6-7-10(17-4)12(11)18-5/h6-8H,1-5H3. The molecule has 0 aromatic heterocycles. The quantitative estimate of drug-likeness (QED) is 0.480. The minimum absolute atomic E-state index is 0.0314. The Hall–Kier alpha value is -2.24. The van der Waals surface area contributed by atoms with Gasteiger partial charge in [-0.05, 0) is 32.9 Å². The molecule has 1 aromatic rings. The van der Waals surface area contributed by atoms with Crippen LogP contribution in [0.25, 0.3) is 0 Å². The van der Waals surface area contributed by atoms with Gasteiger partial charge >= 0.3 is 6.16 Å². The monoisotopic (exact) mass is 282 g/mol. The number of benzene rings is 1. The van der Waals surface area contributed by atoms with Crippen LogP contribution in [0.3, 0.4) is 0 Å². The summed E-state index contributed by atoms with van der Waals surface area (Å²) in [6.07, 6.45) is -0.367. The van der Waals surface area contributed by atoms with Gasteiger partial charge in [0.15, 0.2) is 17.8 Å². The van der Waals surface area contributed by atoms with Crippen molar-refractivity contribution in [2.75, 3.05) is 14.2 Å². The molecule has 0 bridgehead atoms. The Labute approximate surface area is 117 Å². The lowest BCUT2D eigenvalue weighted by molar-refractivity contribution is 0.0199. The van der Waals surface area contributed by atoms with Crippen molar-refractivity contribution in [2.45, 2.75) is 26.4 Å². The largest absolute Gasteiger partial charge is 0.514 e. The summed E-state index contributed by atoms with van der Waals surface area (Å²) < 4.78 is 20.3. The van der Waals surface area contributed by atoms with Crippen LogP contribution in [-0.4, -0.2) is 32.3 Å². The Morgan fingerprint density at radius 3 is 2.20 bits per heavy atom. The van der Waals surface area contributed by atoms with Gasteiger partial charge in [-0.2, -0.15) is 0 Å². The van der Waals surface area contributed by atoms with Crippen molar-refractivity contribution in [3.63, 3.8) is 0 Å². The minimum Gasteiger partial charge on any atom is -0.493 e. The summed E-state index contributed by atoms with van der Waals surface area (Å²) in [6, 6.07) is 3.01. The molecule has 0 saturated heterocycles. The molecule has 0 saturated carbocycles. The number of carbonyl (C=O) groups excluding carboxylic acids is 2. The molecule has 20 heavy (non-hydrogen) atoms. The fraction of sp³-hybridized carbons (Fsp3) is 0.429. The molecule has 0 N–H and O–H groups in total. The smallest absolute Gasteiger partial charge is 0.493 e. The van der Waals surface area contributed by atoms with Crippen molar-refractivity contribution < 1.29 is 28.5 Å². The van der Waals surface area contributed by atoms with Gasteiger partial charge < -0.3 is 18.9 Å². The lowest BCUT2D eigenvalue weighted by Gasteiger charge is -2.20. The maximum Gasteiger partial charge on any atom is 0.514 e. The second kappa shape index (κ2) is 6.27. The third-order valence-corrected chi connectivity index (χ3v) is 2.23. The Morgan fingerprint density at radius 2 is 1.75 bits per heavy atom. The highest BCUT2D eigenvalue weighted by Gasteiger charge is 2.23. The molecule has 0 aliphatic rings. The second-order valence-electron chi connectivity index (χ2n) is 4.90. The van der Waals surface area contributed by atoms with Gasteiger partial charge in [0.1, 0.15) is 5.60 Å². The van der Waals surface area contributed by atoms with Gasteiger partial charge in [0.2, 0.25) is 5.75 Å². The lowest BCUT2D eigenvalue weighted by Crippen LogP contribution is -2.26. The highest BCUT2D eigenvalue weighted by molar-refractivity contribution is 5.84. The summed E-state index contributed by atoms with van der Waals surface area (Å²) in [7, 11) is 2.82. The molecule has 0 amide bonds. The Morgan fingerprint density at radius 1 is 1.10 bits per heavy atom. The van der Waals surface area contributed by atoms with Crippen molar-refractivity contribution in [3.05, 3.63) is 17.7 Å². The van der Waals surface area contributed by atoms with Crippen molar-refractivity contribution in [3.8, 4) is 17.2 Å². The molecule has 0 radical (unpaired) electrons. The van der Waals surface area contributed by atoms with Crippen LogP contribution in [0.2, 0.25) is 0 Å². The Kier molecular flexibility index (Phi) is 4.96. The molecule has 0 heterocycles. The van der Waals surface area contributed by atoms with E-state index in [4.69, 9.17) is 18.9 Å². The molecule has 0 aliphatic heterocycles. The van der Waals surface area contributed by atoms with E-state index in [9.17, 15) is 9.59 Å². The van der Waals surface area contributed by atoms with E-state index in [1.807, 2.05) is 0 Å². The highest BCUT2D eigenvalue weighted by Crippen LogP contribution is 2.39. The van der Waals surface area contributed by atoms with Crippen molar-refractivity contribution in [1.82, 2.24) is 0 Å². The average molecular weight is 282 g/mol. The first-order valence-corrected chi connectivity index (χ1v) is 5.93. The van der Waals surface area contributed by atoms with Gasteiger partial charge in [-0.3, -0.25) is 4.79 Å². The van der Waals surface area contributed by atoms with Gasteiger partial charge in [-0.25, -0.2) is 4.79 Å². The molecular formula is C14H18O6. The van der Waals surface area contributed by atoms with Gasteiger partial charge in [-0.15, -0.1) is 0 Å². The molecule has 0 atom stereocenters. The fourth-order valence-corrected chi connectivity index (χ4v) is 1.47. The molecule has 0 unspecified atom stereocenters. The van der Waals surface area contributed by atoms with Crippen LogP contribution >= 0.6 is 0 Å². The van der Waals surface area contributed by atoms with Crippen LogP contribution < -0.4 is 14.2 Å². The third kappa shape index (κ3) is 3.88. The second-order valence-corrected chi connectivity index (χ2v) is 4.90. The molecule has 1 rings (SSSR count). The van der Waals surface area contributed by atoms with Crippen molar-refractivity contribution >= 4 is 12.4 Å². The van der Waals surface area contributed by atoms with E-state index >= 15 is 0 Å². The van der Waals surface area contributed by atoms with Gasteiger partial charge in [0, 0.05) is 0 Å². The average Bonchev–Trinajstić information content (AvgIpc) is 2.35. The number of carbonyl (C=O) groups is 2. The zero-order valence-electron chi connectivity index (χ0n) is 12.2. The first-order chi connectivity index (χ1) is 9.32. The summed E-state index contributed by atoms with van der Waals surface area (Å²) in [4.78, 5) is 22.7. The minimum atomic E-state index is -0.924. The van der Waals surface area contributed by atoms with Gasteiger partial charge in [0.25, 0.3) is 0 Å². The van der Waals surface area contributed by atoms with Crippen LogP contribution in [0.1, 0.15) is 31.1 Å². The normalized spacial score (nSPS) is 10.7. The first kappa shape index (κ1) is 15.8. The summed E-state index contributed by atoms with van der Waals surface area (Å²) in [5.41, 5.74) is -0.543. The Balaban J connectivity index is 3.14. The molecule has 0 aliphatic carbocycles. The van der Waals surface area contributed by atoms with Crippen LogP contribution in [0.4, 0.5) is 4.79 Å². The van der Waals surface area contributed by atoms with Crippen molar-refractivity contribution in [1.29, 1.82) is 0 Å². The summed E-state index contributed by atoms with van der Waals surface area (Å²) >= 11 is 0. The van der Waals surface area contributed by atoms with E-state index in [2.05, 4.69) is 0 Å². The topological polar surface area (TPSA) is 71.1 Å². The van der Waals surface area contributed by atoms with E-state index in [0.29, 0.717) is 12.0 Å². The molecule has 110 valence electrons. The lowest BCUT2D eigenvalue weighted by atomic mass is 10.2. The fourth-order valence-electron chi connectivity index (χ4n) is 1.47. The van der Waals surface area contributed by atoms with Crippen LogP contribution in [-0.2, 0) is 4.74 Å². The molecule has 6 nitrogen and oxygen atoms in total. The molecule has 0 spiro atoms. The molecule has 6 heteroatoms. The maximum atomic E-state index is 11.7. The number of methoxy groups -OCH3 is 2. The van der Waals surface area contributed by atoms with E-state index < -0.39 is 11.8 Å². The first-order valence-electron chi connectivity index (χ1n) is 5.93. The number of rotatable bonds is 4. The number of ether oxygens (including phenoxy) is 4. The number of aldehydes is 1. The predicted octanol–water partition coefficient (Wildman–Crippen LogP) is 2.83. The zero-order valence-corrected chi connectivity index (χ0v) is 12.2. The molecule has 0 fully saturated rings. The molecule has 1 aromatic carbocycles. The highest BCUT2D eigenvalue weighted by atomic mass is 16.7. The van der Waals surface area contributed by atoms with Gasteiger partial charge in [0.05, 0.1) is 19.8 Å². The van der Waals surface area contributed by atoms with E-state index in [0.717, 1.165) is 0 Å². The Bertz CT molecular complexity index is 501. The van der Waals surface area contributed by atoms with Crippen LogP contribution in [0.5, 0.6) is 17.2 Å². The number of hydrogen-bond donors (Lipinski definition) is 0. The third-order valence-electron chi connectivity index (χ3n) is 2.23. The van der Waals surface area contributed by atoms with Crippen molar-refractivity contribution in [2.24, 2.45) is 0 Å². The van der Waals surface area contributed by atoms with E-state index in [-0.39, 0.29) is 17.1 Å². The SMILES string of the molecule is COc1ccc(C=O)c(OC(=O)OC(C)(C)C)c1OC. The summed E-state index contributed by atoms with van der Waals surface area (Å²) in [5, 5.41) is 0. The maximum absolute atomic E-state index is 11.7. The van der Waals surface area contributed by atoms with E-state index in [1.54, 1.807) is 26.8 Å².